The molecule has 0 N–H and O–H groups in total. The number of halogens is 5. The fourth-order valence-electron chi connectivity index (χ4n) is 6.32. The van der Waals surface area contributed by atoms with Crippen molar-refractivity contribution in [3.05, 3.63) is 254 Å². The summed E-state index contributed by atoms with van der Waals surface area (Å²) < 4.78 is 67.0. The molecule has 0 heterocycles. The quantitative estimate of drug-likeness (QED) is 0.0187. The van der Waals surface area contributed by atoms with Crippen molar-refractivity contribution in [2.24, 2.45) is 0 Å². The molecule has 0 bridgehead atoms. The average Bonchev–Trinajstić information content (AvgIpc) is 3.48. The molecule has 8 aromatic carbocycles. The van der Waals surface area contributed by atoms with Crippen molar-refractivity contribution in [3.63, 3.8) is 0 Å². The molecule has 0 saturated heterocycles. The number of alkyl halides is 4. The number of hydrogen-bond donors (Lipinski definition) is 0. The van der Waals surface area contributed by atoms with Gasteiger partial charge in [0.1, 0.15) is 24.1 Å². The number of esters is 2. The SMILES string of the molecule is O=C(OCCc1ccccc1)C(F)(F)SOO[O-].O=C(OCCc1ccccc1)C(F)(F)SOO[O-].[B][B].[Cl-].[Na+].c1ccc([S+](c2ccccc2)c2ccccc2)cc1.c1ccc([S+](c2ccccc2)c2ccccc2)cc1. The second kappa shape index (κ2) is 40.2. The minimum absolute atomic E-state index is 0. The van der Waals surface area contributed by atoms with Crippen molar-refractivity contribution in [1.82, 2.24) is 0 Å². The van der Waals surface area contributed by atoms with Crippen molar-refractivity contribution >= 4 is 73.3 Å². The van der Waals surface area contributed by atoms with Gasteiger partial charge in [0.05, 0.1) is 35.0 Å². The number of ether oxygens (including phenoxy) is 2. The molecule has 0 spiro atoms. The van der Waals surface area contributed by atoms with Crippen molar-refractivity contribution in [2.45, 2.75) is 52.7 Å². The minimum Gasteiger partial charge on any atom is -1.00 e. The van der Waals surface area contributed by atoms with Gasteiger partial charge in [-0.2, -0.15) is 26.2 Å². The van der Waals surface area contributed by atoms with Gasteiger partial charge in [0.2, 0.25) is 0 Å². The zero-order valence-electron chi connectivity index (χ0n) is 41.7. The molecule has 4 radical (unpaired) electrons. The van der Waals surface area contributed by atoms with E-state index in [1.807, 2.05) is 0 Å². The van der Waals surface area contributed by atoms with E-state index in [1.54, 1.807) is 60.7 Å². The number of carbonyl (C=O) groups excluding carboxylic acids is 2. The Morgan fingerprint density at radius 1 is 0.397 bits per heavy atom. The van der Waals surface area contributed by atoms with Crippen molar-refractivity contribution in [3.8, 4) is 0 Å². The van der Waals surface area contributed by atoms with Gasteiger partial charge in [-0.05, 0) is 83.9 Å². The molecule has 0 aliphatic heterocycles. The molecule has 0 aliphatic carbocycles. The van der Waals surface area contributed by atoms with E-state index in [2.05, 4.69) is 226 Å². The molecule has 8 aromatic rings. The van der Waals surface area contributed by atoms with Crippen LogP contribution in [0.5, 0.6) is 0 Å². The van der Waals surface area contributed by atoms with Crippen LogP contribution in [0.15, 0.2) is 272 Å². The van der Waals surface area contributed by atoms with E-state index in [-0.39, 0.29) is 77.0 Å². The normalized spacial score (nSPS) is 10.4. The summed E-state index contributed by atoms with van der Waals surface area (Å²) in [5.74, 6) is -3.58. The molecule has 0 amide bonds. The molecule has 0 aliphatic rings. The smallest absolute Gasteiger partial charge is 1.00 e. The van der Waals surface area contributed by atoms with E-state index in [0.717, 1.165) is 11.1 Å². The Bertz CT molecular complexity index is 2400. The van der Waals surface area contributed by atoms with Gasteiger partial charge in [0, 0.05) is 28.3 Å². The molecule has 398 valence electrons. The van der Waals surface area contributed by atoms with Crippen LogP contribution in [0, 0.1) is 0 Å². The first-order chi connectivity index (χ1) is 37.0. The number of benzene rings is 8. The molecule has 8 rings (SSSR count). The Balaban J connectivity index is 0.000000349. The maximum absolute atomic E-state index is 12.9. The van der Waals surface area contributed by atoms with E-state index in [1.165, 1.54) is 29.4 Å². The maximum Gasteiger partial charge on any atom is 1.00 e. The average molecular weight is 1170 g/mol. The monoisotopic (exact) mass is 1160 g/mol. The fraction of sp³-hybridized carbons (Fsp3) is 0.107. The van der Waals surface area contributed by atoms with E-state index >= 15 is 0 Å². The van der Waals surface area contributed by atoms with E-state index in [4.69, 9.17) is 0 Å². The van der Waals surface area contributed by atoms with Gasteiger partial charge in [-0.3, -0.25) is 10.1 Å². The summed E-state index contributed by atoms with van der Waals surface area (Å²) in [4.78, 5) is 30.0. The van der Waals surface area contributed by atoms with Crippen LogP contribution in [0.3, 0.4) is 0 Å². The van der Waals surface area contributed by atoms with E-state index in [9.17, 15) is 37.7 Å². The van der Waals surface area contributed by atoms with Gasteiger partial charge in [-0.15, -0.1) is 0 Å². The fourth-order valence-corrected chi connectivity index (χ4v) is 11.0. The third kappa shape index (κ3) is 25.4. The molecule has 78 heavy (non-hydrogen) atoms. The summed E-state index contributed by atoms with van der Waals surface area (Å²) in [6.07, 6.45) is 0.623. The van der Waals surface area contributed by atoms with Crippen molar-refractivity contribution < 1.29 is 108 Å². The first kappa shape index (κ1) is 69.1. The molecule has 0 unspecified atom stereocenters. The van der Waals surface area contributed by atoms with Crippen molar-refractivity contribution in [2.75, 3.05) is 13.2 Å². The Hall–Kier alpha value is -5.00. The second-order valence-corrected chi connectivity index (χ2v) is 20.4. The van der Waals surface area contributed by atoms with Crippen LogP contribution in [0.1, 0.15) is 11.1 Å². The predicted octanol–water partition coefficient (Wildman–Crippen LogP) is 5.28. The van der Waals surface area contributed by atoms with Crippen molar-refractivity contribution in [1.29, 1.82) is 0 Å². The van der Waals surface area contributed by atoms with Gasteiger partial charge in [0.25, 0.3) is 0 Å². The molecule has 0 saturated carbocycles. The van der Waals surface area contributed by atoms with Gasteiger partial charge in [-0.25, -0.2) is 9.59 Å². The van der Waals surface area contributed by atoms with Gasteiger partial charge in [0.15, 0.2) is 29.4 Å². The molecule has 0 atom stereocenters. The van der Waals surface area contributed by atoms with Crippen LogP contribution in [0.4, 0.5) is 17.6 Å². The molecular formula is C56H48B2ClF4NaO10S4. The third-order valence-electron chi connectivity index (χ3n) is 9.62. The molecule has 0 aromatic heterocycles. The Labute approximate surface area is 496 Å². The minimum atomic E-state index is -3.99. The summed E-state index contributed by atoms with van der Waals surface area (Å²) in [6, 6.07) is 82.1. The van der Waals surface area contributed by atoms with Gasteiger partial charge in [-0.1, -0.05) is 170 Å². The van der Waals surface area contributed by atoms with Crippen LogP contribution in [0.25, 0.3) is 0 Å². The summed E-state index contributed by atoms with van der Waals surface area (Å²) in [7, 11) is 7.97. The number of carbonyl (C=O) groups is 2. The standard InChI is InChI=1S/2C18H15S.2C10H10F2O5S.B2.ClH.Na/c2*1-4-10-16(11-5-1)19(17-12-6-2-7-13-17)18-14-8-3-9-15-18;2*11-10(12,18-17-16-14)9(13)15-7-6-8-4-2-1-3-5-8;1-2;;/h2*1-15H;2*1-5,14H,6-7H2;;1H;/q2*+1;;;;;+1/p-3. The zero-order valence-corrected chi connectivity index (χ0v) is 47.7. The topological polar surface area (TPSA) is 136 Å². The third-order valence-corrected chi connectivity index (χ3v) is 15.1. The Morgan fingerprint density at radius 2 is 0.590 bits per heavy atom. The largest absolute Gasteiger partial charge is 1.00 e. The van der Waals surface area contributed by atoms with Gasteiger partial charge < -0.3 is 32.4 Å². The maximum atomic E-state index is 12.9. The first-order valence-electron chi connectivity index (χ1n) is 22.6. The summed E-state index contributed by atoms with van der Waals surface area (Å²) in [5, 5.41) is 16.2. The Morgan fingerprint density at radius 3 is 0.782 bits per heavy atom. The van der Waals surface area contributed by atoms with E-state index < -0.39 is 46.5 Å². The number of hydrogen-bond acceptors (Lipinski definition) is 12. The Kier molecular flexibility index (Phi) is 35.6. The molecular weight excluding hydrogens is 1120 g/mol. The molecule has 22 heteroatoms. The molecule has 10 nitrogen and oxygen atoms in total. The van der Waals surface area contributed by atoms with Crippen LogP contribution < -0.4 is 52.5 Å². The van der Waals surface area contributed by atoms with Crippen LogP contribution in [-0.2, 0) is 72.4 Å². The summed E-state index contributed by atoms with van der Waals surface area (Å²) in [6.45, 7) is -0.394. The van der Waals surface area contributed by atoms with Crippen LogP contribution in [0.2, 0.25) is 0 Å². The first-order valence-corrected chi connectivity index (χ1v) is 26.5. The van der Waals surface area contributed by atoms with Crippen LogP contribution in [-0.4, -0.2) is 51.1 Å². The summed E-state index contributed by atoms with van der Waals surface area (Å²) >= 11 is -1.42. The second-order valence-electron chi connectivity index (χ2n) is 14.7. The predicted molar refractivity (Wildman–Crippen MR) is 286 cm³/mol. The van der Waals surface area contributed by atoms with Gasteiger partial charge >= 0.3 is 52.0 Å². The number of rotatable bonds is 20. The zero-order chi connectivity index (χ0) is 54.7. The van der Waals surface area contributed by atoms with Crippen LogP contribution >= 0.6 is 24.1 Å². The molecule has 0 fully saturated rings. The van der Waals surface area contributed by atoms with E-state index in [0.29, 0.717) is 12.8 Å². The summed E-state index contributed by atoms with van der Waals surface area (Å²) in [5.41, 5.74) is 1.70.